The first kappa shape index (κ1) is 16.5. The third-order valence-corrected chi connectivity index (χ3v) is 4.39. The van der Waals surface area contributed by atoms with Crippen LogP contribution >= 0.6 is 0 Å². The van der Waals surface area contributed by atoms with Crippen LogP contribution in [0.3, 0.4) is 0 Å². The van der Waals surface area contributed by atoms with E-state index >= 15 is 0 Å². The van der Waals surface area contributed by atoms with Gasteiger partial charge in [-0.25, -0.2) is 4.79 Å². The van der Waals surface area contributed by atoms with Crippen LogP contribution in [-0.2, 0) is 11.3 Å². The third kappa shape index (κ3) is 3.44. The minimum absolute atomic E-state index is 0.228. The molecule has 1 aliphatic heterocycles. The molecule has 1 saturated heterocycles. The van der Waals surface area contributed by atoms with Crippen LogP contribution in [0.4, 0.5) is 0 Å². The van der Waals surface area contributed by atoms with Crippen molar-refractivity contribution in [2.75, 3.05) is 33.9 Å². The van der Waals surface area contributed by atoms with Crippen LogP contribution in [-0.4, -0.2) is 49.7 Å². The Labute approximate surface area is 141 Å². The molecule has 0 saturated carbocycles. The van der Waals surface area contributed by atoms with Gasteiger partial charge in [-0.3, -0.25) is 4.90 Å². The molecule has 6 nitrogen and oxygen atoms in total. The highest BCUT2D eigenvalue weighted by molar-refractivity contribution is 5.87. The second-order valence-corrected chi connectivity index (χ2v) is 5.85. The Kier molecular flexibility index (Phi) is 5.17. The minimum atomic E-state index is -0.345. The van der Waals surface area contributed by atoms with Crippen molar-refractivity contribution in [1.82, 2.24) is 15.2 Å². The number of rotatable bonds is 5. The van der Waals surface area contributed by atoms with Gasteiger partial charge in [0, 0.05) is 37.9 Å². The van der Waals surface area contributed by atoms with E-state index in [-0.39, 0.29) is 12.0 Å². The first-order chi connectivity index (χ1) is 11.7. The molecule has 1 aromatic carbocycles. The zero-order valence-electron chi connectivity index (χ0n) is 14.0. The number of carbonyl (C=O) groups is 1. The van der Waals surface area contributed by atoms with Crippen LogP contribution in [0.25, 0.3) is 0 Å². The summed E-state index contributed by atoms with van der Waals surface area (Å²) in [6, 6.07) is 10.2. The summed E-state index contributed by atoms with van der Waals surface area (Å²) in [6.45, 7) is 3.51. The lowest BCUT2D eigenvalue weighted by atomic mass is 10.0. The largest absolute Gasteiger partial charge is 0.496 e. The molecule has 1 atom stereocenters. The molecule has 0 radical (unpaired) electrons. The Bertz CT molecular complexity index is 698. The Morgan fingerprint density at radius 1 is 1.33 bits per heavy atom. The van der Waals surface area contributed by atoms with Gasteiger partial charge in [0.25, 0.3) is 0 Å². The second kappa shape index (κ2) is 7.51. The van der Waals surface area contributed by atoms with E-state index in [9.17, 15) is 4.79 Å². The Morgan fingerprint density at radius 3 is 2.96 bits per heavy atom. The van der Waals surface area contributed by atoms with Gasteiger partial charge >= 0.3 is 5.97 Å². The van der Waals surface area contributed by atoms with E-state index in [1.54, 1.807) is 7.11 Å². The maximum atomic E-state index is 11.6. The number of methoxy groups -OCH3 is 2. The number of aromatic nitrogens is 1. The number of piperazine rings is 1. The average Bonchev–Trinajstić information content (AvgIpc) is 3.10. The number of hydrogen-bond donors (Lipinski definition) is 2. The molecule has 0 aliphatic carbocycles. The Hall–Kier alpha value is -2.31. The highest BCUT2D eigenvalue weighted by Crippen LogP contribution is 2.31. The van der Waals surface area contributed by atoms with Gasteiger partial charge in [0.15, 0.2) is 0 Å². The highest BCUT2D eigenvalue weighted by Gasteiger charge is 2.26. The van der Waals surface area contributed by atoms with Crippen molar-refractivity contribution >= 4 is 5.97 Å². The Balaban J connectivity index is 1.80. The molecule has 3 rings (SSSR count). The summed E-state index contributed by atoms with van der Waals surface area (Å²) in [5.41, 5.74) is 2.73. The van der Waals surface area contributed by atoms with Crippen molar-refractivity contribution in [3.8, 4) is 5.75 Å². The topological polar surface area (TPSA) is 66.6 Å². The number of H-pyrrole nitrogens is 1. The molecular weight excluding hydrogens is 306 g/mol. The summed E-state index contributed by atoms with van der Waals surface area (Å²) in [7, 11) is 3.09. The lowest BCUT2D eigenvalue weighted by molar-refractivity contribution is 0.0594. The molecule has 24 heavy (non-hydrogen) atoms. The van der Waals surface area contributed by atoms with E-state index in [1.165, 1.54) is 12.7 Å². The Morgan fingerprint density at radius 2 is 2.17 bits per heavy atom. The van der Waals surface area contributed by atoms with E-state index in [4.69, 9.17) is 9.47 Å². The smallest absolute Gasteiger partial charge is 0.354 e. The molecule has 0 spiro atoms. The van der Waals surface area contributed by atoms with E-state index in [0.29, 0.717) is 5.69 Å². The first-order valence-corrected chi connectivity index (χ1v) is 8.06. The molecule has 128 valence electrons. The van der Waals surface area contributed by atoms with Crippen LogP contribution in [0.5, 0.6) is 5.75 Å². The number of para-hydroxylation sites is 1. The lowest BCUT2D eigenvalue weighted by Crippen LogP contribution is -2.45. The molecule has 1 fully saturated rings. The minimum Gasteiger partial charge on any atom is -0.496 e. The zero-order valence-corrected chi connectivity index (χ0v) is 14.0. The maximum absolute atomic E-state index is 11.6. The van der Waals surface area contributed by atoms with E-state index in [2.05, 4.69) is 21.3 Å². The van der Waals surface area contributed by atoms with Gasteiger partial charge < -0.3 is 19.8 Å². The van der Waals surface area contributed by atoms with Gasteiger partial charge in [0.2, 0.25) is 0 Å². The van der Waals surface area contributed by atoms with E-state index in [1.807, 2.05) is 30.5 Å². The fourth-order valence-corrected chi connectivity index (χ4v) is 3.18. The molecule has 0 amide bonds. The van der Waals surface area contributed by atoms with Crippen LogP contribution in [0.1, 0.15) is 27.7 Å². The monoisotopic (exact) mass is 329 g/mol. The summed E-state index contributed by atoms with van der Waals surface area (Å²) < 4.78 is 10.3. The van der Waals surface area contributed by atoms with Crippen LogP contribution in [0.15, 0.2) is 36.5 Å². The molecule has 1 unspecified atom stereocenters. The standard InChI is InChI=1S/C18H23N3O3/c1-23-17-6-4-3-5-14(17)16-11-19-7-8-21(16)12-13-9-15(20-10-13)18(22)24-2/h3-6,9-10,16,19-20H,7-8,11-12H2,1-2H3. The van der Waals surface area contributed by atoms with Crippen molar-refractivity contribution in [1.29, 1.82) is 0 Å². The molecule has 1 aliphatic rings. The van der Waals surface area contributed by atoms with Crippen molar-refractivity contribution < 1.29 is 14.3 Å². The second-order valence-electron chi connectivity index (χ2n) is 5.85. The number of esters is 1. The molecule has 2 heterocycles. The summed E-state index contributed by atoms with van der Waals surface area (Å²) in [5, 5.41) is 3.45. The quantitative estimate of drug-likeness (QED) is 0.821. The van der Waals surface area contributed by atoms with Crippen molar-refractivity contribution in [3.05, 3.63) is 53.3 Å². The fourth-order valence-electron chi connectivity index (χ4n) is 3.18. The third-order valence-electron chi connectivity index (χ3n) is 4.39. The normalized spacial score (nSPS) is 18.3. The van der Waals surface area contributed by atoms with Crippen LogP contribution in [0, 0.1) is 0 Å². The molecule has 2 N–H and O–H groups in total. The predicted octanol–water partition coefficient (Wildman–Crippen LogP) is 1.96. The van der Waals surface area contributed by atoms with Gasteiger partial charge in [0.1, 0.15) is 11.4 Å². The number of nitrogens with zero attached hydrogens (tertiary/aromatic N) is 1. The highest BCUT2D eigenvalue weighted by atomic mass is 16.5. The maximum Gasteiger partial charge on any atom is 0.354 e. The van der Waals surface area contributed by atoms with Gasteiger partial charge in [-0.1, -0.05) is 18.2 Å². The van der Waals surface area contributed by atoms with Crippen molar-refractivity contribution in [2.45, 2.75) is 12.6 Å². The van der Waals surface area contributed by atoms with E-state index in [0.717, 1.165) is 37.5 Å². The van der Waals surface area contributed by atoms with Crippen molar-refractivity contribution in [2.24, 2.45) is 0 Å². The number of ether oxygens (including phenoxy) is 2. The number of benzene rings is 1. The number of nitrogens with one attached hydrogen (secondary N) is 2. The molecule has 2 aromatic rings. The van der Waals surface area contributed by atoms with Crippen LogP contribution < -0.4 is 10.1 Å². The molecule has 0 bridgehead atoms. The van der Waals surface area contributed by atoms with Gasteiger partial charge in [-0.15, -0.1) is 0 Å². The summed E-state index contributed by atoms with van der Waals surface area (Å²) >= 11 is 0. The lowest BCUT2D eigenvalue weighted by Gasteiger charge is -2.36. The van der Waals surface area contributed by atoms with Gasteiger partial charge in [-0.2, -0.15) is 0 Å². The fraction of sp³-hybridized carbons (Fsp3) is 0.389. The molecule has 1 aromatic heterocycles. The number of hydrogen-bond acceptors (Lipinski definition) is 5. The van der Waals surface area contributed by atoms with Gasteiger partial charge in [-0.05, 0) is 17.7 Å². The predicted molar refractivity (Wildman–Crippen MR) is 91.1 cm³/mol. The molecular formula is C18H23N3O3. The summed E-state index contributed by atoms with van der Waals surface area (Å²) in [6.07, 6.45) is 1.87. The number of carbonyl (C=O) groups excluding carboxylic acids is 1. The first-order valence-electron chi connectivity index (χ1n) is 8.06. The molecule has 6 heteroatoms. The van der Waals surface area contributed by atoms with Gasteiger partial charge in [0.05, 0.1) is 20.3 Å². The van der Waals surface area contributed by atoms with E-state index < -0.39 is 0 Å². The summed E-state index contributed by atoms with van der Waals surface area (Å²) in [5.74, 6) is 0.559. The summed E-state index contributed by atoms with van der Waals surface area (Å²) in [4.78, 5) is 17.0. The number of aromatic amines is 1. The SMILES string of the molecule is COC(=O)c1cc(CN2CCNCC2c2ccccc2OC)c[nH]1. The zero-order chi connectivity index (χ0) is 16.9. The van der Waals surface area contributed by atoms with Crippen LogP contribution in [0.2, 0.25) is 0 Å². The van der Waals surface area contributed by atoms with Crippen molar-refractivity contribution in [3.63, 3.8) is 0 Å². The average molecular weight is 329 g/mol.